The smallest absolute Gasteiger partial charge is 0.303 e. The topological polar surface area (TPSA) is 106 Å². The average molecular weight is 204 g/mol. The van der Waals surface area contributed by atoms with Crippen LogP contribution in [-0.4, -0.2) is 23.5 Å². The lowest BCUT2D eigenvalue weighted by Crippen LogP contribution is -2.10. The van der Waals surface area contributed by atoms with Gasteiger partial charge in [-0.15, -0.1) is 0 Å². The van der Waals surface area contributed by atoms with Crippen molar-refractivity contribution >= 4 is 11.9 Å². The van der Waals surface area contributed by atoms with Gasteiger partial charge < -0.3 is 16.6 Å². The molecule has 0 rings (SSSR count). The van der Waals surface area contributed by atoms with E-state index >= 15 is 0 Å². The van der Waals surface area contributed by atoms with Crippen LogP contribution in [0.25, 0.3) is 0 Å². The van der Waals surface area contributed by atoms with E-state index in [1.54, 1.807) is 0 Å². The van der Waals surface area contributed by atoms with Crippen LogP contribution in [0.5, 0.6) is 0 Å². The Morgan fingerprint density at radius 2 is 1.71 bits per heavy atom. The van der Waals surface area contributed by atoms with E-state index < -0.39 is 11.9 Å². The summed E-state index contributed by atoms with van der Waals surface area (Å²) in [6.07, 6.45) is 0.514. The Morgan fingerprint density at radius 1 is 1.29 bits per heavy atom. The molecule has 0 aromatic heterocycles. The van der Waals surface area contributed by atoms with E-state index in [1.165, 1.54) is 0 Å². The van der Waals surface area contributed by atoms with Gasteiger partial charge in [-0.25, -0.2) is 0 Å². The summed E-state index contributed by atoms with van der Waals surface area (Å²) in [5.41, 5.74) is 9.92. The zero-order chi connectivity index (χ0) is 11.6. The summed E-state index contributed by atoms with van der Waals surface area (Å²) in [7, 11) is 0. The number of hydrogen-bond acceptors (Lipinski definition) is 3. The fraction of sp³-hybridized carbons (Fsp3) is 0.778. The van der Waals surface area contributed by atoms with Gasteiger partial charge in [-0.3, -0.25) is 9.59 Å². The highest BCUT2D eigenvalue weighted by molar-refractivity contribution is 5.74. The molecule has 0 aromatic rings. The number of aliphatic carboxylic acids is 1. The van der Waals surface area contributed by atoms with Gasteiger partial charge in [-0.1, -0.05) is 13.8 Å². The van der Waals surface area contributed by atoms with Crippen LogP contribution in [0.4, 0.5) is 0 Å². The molecular weight excluding hydrogens is 184 g/mol. The highest BCUT2D eigenvalue weighted by atomic mass is 16.4. The minimum Gasteiger partial charge on any atom is -0.481 e. The molecule has 0 heterocycles. The maximum atomic E-state index is 10.0. The van der Waals surface area contributed by atoms with Crippen molar-refractivity contribution < 1.29 is 14.7 Å². The number of rotatable bonds is 5. The largest absolute Gasteiger partial charge is 0.481 e. The molecule has 0 bridgehead atoms. The first-order chi connectivity index (χ1) is 6.40. The molecule has 0 spiro atoms. The van der Waals surface area contributed by atoms with Crippen LogP contribution in [0.15, 0.2) is 0 Å². The van der Waals surface area contributed by atoms with Crippen LogP contribution >= 0.6 is 0 Å². The minimum atomic E-state index is -0.892. The molecule has 0 saturated heterocycles. The molecule has 0 atom stereocenters. The van der Waals surface area contributed by atoms with Crippen LogP contribution in [0.3, 0.4) is 0 Å². The normalized spacial score (nSPS) is 9.14. The van der Waals surface area contributed by atoms with Crippen molar-refractivity contribution in [1.82, 2.24) is 0 Å². The standard InChI is InChI=1S/C5H9NO3.C4H11N/c6-4(7)2-1-3-5(8)9;1-4(2)3-5/h1-3H2,(H2,6,7)(H,8,9);4H,3,5H2,1-2H3. The first-order valence-electron chi connectivity index (χ1n) is 4.60. The van der Waals surface area contributed by atoms with Crippen LogP contribution < -0.4 is 11.5 Å². The maximum absolute atomic E-state index is 10.0. The number of carbonyl (C=O) groups is 2. The lowest BCUT2D eigenvalue weighted by molar-refractivity contribution is -0.137. The Labute approximate surface area is 84.5 Å². The average Bonchev–Trinajstić information content (AvgIpc) is 2.04. The van der Waals surface area contributed by atoms with Crippen LogP contribution in [0.2, 0.25) is 0 Å². The zero-order valence-electron chi connectivity index (χ0n) is 8.82. The lowest BCUT2D eigenvalue weighted by atomic mass is 10.2. The van der Waals surface area contributed by atoms with E-state index in [0.29, 0.717) is 12.3 Å². The van der Waals surface area contributed by atoms with Gasteiger partial charge in [0.1, 0.15) is 0 Å². The second kappa shape index (κ2) is 9.98. The fourth-order valence-corrected chi connectivity index (χ4v) is 0.414. The molecule has 14 heavy (non-hydrogen) atoms. The molecule has 0 aliphatic heterocycles. The van der Waals surface area contributed by atoms with Gasteiger partial charge in [0.05, 0.1) is 0 Å². The summed E-state index contributed by atoms with van der Waals surface area (Å²) in [5.74, 6) is -0.678. The van der Waals surface area contributed by atoms with Crippen LogP contribution in [-0.2, 0) is 9.59 Å². The highest BCUT2D eigenvalue weighted by Crippen LogP contribution is 1.92. The Bertz CT molecular complexity index is 155. The van der Waals surface area contributed by atoms with Crippen molar-refractivity contribution in [1.29, 1.82) is 0 Å². The van der Waals surface area contributed by atoms with Crippen molar-refractivity contribution in [2.75, 3.05) is 6.54 Å². The Hall–Kier alpha value is -1.10. The number of amides is 1. The number of carbonyl (C=O) groups excluding carboxylic acids is 1. The molecule has 0 saturated carbocycles. The van der Waals surface area contributed by atoms with Crippen molar-refractivity contribution in [3.05, 3.63) is 0 Å². The third-order valence-corrected chi connectivity index (χ3v) is 1.29. The monoisotopic (exact) mass is 204 g/mol. The Morgan fingerprint density at radius 3 is 1.93 bits per heavy atom. The summed E-state index contributed by atoms with van der Waals surface area (Å²) in [5, 5.41) is 8.07. The van der Waals surface area contributed by atoms with Gasteiger partial charge in [0.2, 0.25) is 5.91 Å². The van der Waals surface area contributed by atoms with Gasteiger partial charge in [-0.2, -0.15) is 0 Å². The van der Waals surface area contributed by atoms with Crippen LogP contribution in [0, 0.1) is 5.92 Å². The van der Waals surface area contributed by atoms with Gasteiger partial charge in [0, 0.05) is 12.8 Å². The third kappa shape index (κ3) is 22.4. The molecular formula is C9H20N2O3. The quantitative estimate of drug-likeness (QED) is 0.599. The lowest BCUT2D eigenvalue weighted by Gasteiger charge is -1.91. The van der Waals surface area contributed by atoms with Gasteiger partial charge in [-0.05, 0) is 18.9 Å². The SMILES string of the molecule is CC(C)CN.NC(=O)CCCC(=O)O. The van der Waals surface area contributed by atoms with E-state index in [9.17, 15) is 9.59 Å². The molecule has 5 nitrogen and oxygen atoms in total. The highest BCUT2D eigenvalue weighted by Gasteiger charge is 1.98. The van der Waals surface area contributed by atoms with Crippen molar-refractivity contribution in [2.45, 2.75) is 33.1 Å². The summed E-state index contributed by atoms with van der Waals surface area (Å²) in [6, 6.07) is 0. The number of primary amides is 1. The van der Waals surface area contributed by atoms with Gasteiger partial charge in [0.25, 0.3) is 0 Å². The molecule has 1 amide bonds. The summed E-state index contributed by atoms with van der Waals surface area (Å²) >= 11 is 0. The molecule has 0 unspecified atom stereocenters. The molecule has 0 aliphatic carbocycles. The van der Waals surface area contributed by atoms with E-state index in [4.69, 9.17) is 16.6 Å². The second-order valence-corrected chi connectivity index (χ2v) is 3.34. The Balaban J connectivity index is 0. The second-order valence-electron chi connectivity index (χ2n) is 3.34. The fourth-order valence-electron chi connectivity index (χ4n) is 0.414. The van der Waals surface area contributed by atoms with E-state index in [0.717, 1.165) is 6.54 Å². The Kier molecular flexibility index (Phi) is 11.0. The van der Waals surface area contributed by atoms with Gasteiger partial charge >= 0.3 is 5.97 Å². The summed E-state index contributed by atoms with van der Waals surface area (Å²) < 4.78 is 0. The number of carboxylic acids is 1. The molecule has 84 valence electrons. The van der Waals surface area contributed by atoms with Crippen molar-refractivity contribution in [3.8, 4) is 0 Å². The maximum Gasteiger partial charge on any atom is 0.303 e. The number of hydrogen-bond donors (Lipinski definition) is 3. The molecule has 0 aliphatic rings. The number of nitrogens with two attached hydrogens (primary N) is 2. The molecule has 0 aromatic carbocycles. The third-order valence-electron chi connectivity index (χ3n) is 1.29. The first-order valence-corrected chi connectivity index (χ1v) is 4.60. The number of carboxylic acid groups (broad SMARTS) is 1. The van der Waals surface area contributed by atoms with Crippen molar-refractivity contribution in [3.63, 3.8) is 0 Å². The summed E-state index contributed by atoms with van der Waals surface area (Å²) in [6.45, 7) is 5.00. The molecule has 0 fully saturated rings. The van der Waals surface area contributed by atoms with E-state index in [-0.39, 0.29) is 12.8 Å². The predicted octanol–water partition coefficient (Wildman–Crippen LogP) is 0.328. The summed E-state index contributed by atoms with van der Waals surface area (Å²) in [4.78, 5) is 19.8. The molecule has 5 N–H and O–H groups in total. The van der Waals surface area contributed by atoms with Crippen molar-refractivity contribution in [2.24, 2.45) is 17.4 Å². The van der Waals surface area contributed by atoms with E-state index in [1.807, 2.05) is 0 Å². The predicted molar refractivity (Wildman–Crippen MR) is 54.6 cm³/mol. The minimum absolute atomic E-state index is 0.0168. The van der Waals surface area contributed by atoms with Crippen LogP contribution in [0.1, 0.15) is 33.1 Å². The van der Waals surface area contributed by atoms with Gasteiger partial charge in [0.15, 0.2) is 0 Å². The zero-order valence-corrected chi connectivity index (χ0v) is 8.82. The van der Waals surface area contributed by atoms with E-state index in [2.05, 4.69) is 13.8 Å². The molecule has 5 heteroatoms. The first kappa shape index (κ1) is 15.4. The molecule has 0 radical (unpaired) electrons.